The van der Waals surface area contributed by atoms with Gasteiger partial charge in [0.15, 0.2) is 0 Å². The van der Waals surface area contributed by atoms with Crippen molar-refractivity contribution in [3.05, 3.63) is 12.2 Å². The van der Waals surface area contributed by atoms with Crippen LogP contribution in [0, 0.1) is 11.8 Å². The molecule has 30 heavy (non-hydrogen) atoms. The van der Waals surface area contributed by atoms with Crippen LogP contribution in [0.15, 0.2) is 12.2 Å². The second-order valence-electron chi connectivity index (χ2n) is 9.57. The maximum Gasteiger partial charge on any atom is 0.305 e. The molecule has 0 aromatic carbocycles. The molecule has 0 bridgehead atoms. The minimum Gasteiger partial charge on any atom is -0.465 e. The molecule has 0 fully saturated rings. The molecule has 0 amide bonds. The van der Waals surface area contributed by atoms with Gasteiger partial charge in [0.2, 0.25) is 0 Å². The van der Waals surface area contributed by atoms with E-state index in [0.717, 1.165) is 18.8 Å². The molecule has 0 N–H and O–H groups in total. The van der Waals surface area contributed by atoms with Crippen LogP contribution < -0.4 is 0 Å². The van der Waals surface area contributed by atoms with E-state index in [1.54, 1.807) is 0 Å². The highest BCUT2D eigenvalue weighted by atomic mass is 16.5. The smallest absolute Gasteiger partial charge is 0.305 e. The molecule has 0 saturated carbocycles. The van der Waals surface area contributed by atoms with Crippen molar-refractivity contribution in [2.24, 2.45) is 11.8 Å². The third kappa shape index (κ3) is 21.9. The largest absolute Gasteiger partial charge is 0.465 e. The molecule has 0 aliphatic rings. The Morgan fingerprint density at radius 2 is 1.23 bits per heavy atom. The number of hydrogen-bond acceptors (Lipinski definition) is 2. The zero-order valence-electron chi connectivity index (χ0n) is 21.1. The van der Waals surface area contributed by atoms with E-state index in [1.165, 1.54) is 96.3 Å². The van der Waals surface area contributed by atoms with E-state index < -0.39 is 0 Å². The van der Waals surface area contributed by atoms with Gasteiger partial charge < -0.3 is 4.74 Å². The fourth-order valence-electron chi connectivity index (χ4n) is 3.75. The number of unbranched alkanes of at least 4 members (excludes halogenated alkanes) is 11. The number of ether oxygens (including phenoxy) is 1. The Morgan fingerprint density at radius 1 is 0.700 bits per heavy atom. The summed E-state index contributed by atoms with van der Waals surface area (Å²) in [4.78, 5) is 11.9. The summed E-state index contributed by atoms with van der Waals surface area (Å²) in [5.74, 6) is 1.31. The highest BCUT2D eigenvalue weighted by molar-refractivity contribution is 5.69. The lowest BCUT2D eigenvalue weighted by atomic mass is 9.97. The highest BCUT2D eigenvalue weighted by Crippen LogP contribution is 2.16. The van der Waals surface area contributed by atoms with E-state index in [4.69, 9.17) is 4.74 Å². The van der Waals surface area contributed by atoms with E-state index in [1.807, 2.05) is 0 Å². The van der Waals surface area contributed by atoms with Crippen LogP contribution in [-0.4, -0.2) is 12.6 Å². The highest BCUT2D eigenvalue weighted by Gasteiger charge is 2.08. The first kappa shape index (κ1) is 29.2. The van der Waals surface area contributed by atoms with Crippen molar-refractivity contribution in [1.82, 2.24) is 0 Å². The zero-order valence-corrected chi connectivity index (χ0v) is 21.1. The second kappa shape index (κ2) is 22.9. The van der Waals surface area contributed by atoms with Crippen molar-refractivity contribution in [2.45, 2.75) is 143 Å². The third-order valence-electron chi connectivity index (χ3n) is 6.26. The number of esters is 1. The quantitative estimate of drug-likeness (QED) is 0.0986. The Hall–Kier alpha value is -0.790. The van der Waals surface area contributed by atoms with Gasteiger partial charge in [0, 0.05) is 6.42 Å². The fourth-order valence-corrected chi connectivity index (χ4v) is 3.75. The number of carbonyl (C=O) groups is 1. The molecule has 2 heteroatoms. The van der Waals surface area contributed by atoms with E-state index in [-0.39, 0.29) is 5.97 Å². The van der Waals surface area contributed by atoms with Gasteiger partial charge in [0.1, 0.15) is 0 Å². The summed E-state index contributed by atoms with van der Waals surface area (Å²) < 4.78 is 5.46. The van der Waals surface area contributed by atoms with E-state index >= 15 is 0 Å². The lowest BCUT2D eigenvalue weighted by molar-refractivity contribution is -0.145. The Kier molecular flexibility index (Phi) is 22.3. The first-order valence-electron chi connectivity index (χ1n) is 13.4. The van der Waals surface area contributed by atoms with Gasteiger partial charge >= 0.3 is 5.97 Å². The molecule has 0 aliphatic carbocycles. The van der Waals surface area contributed by atoms with E-state index in [0.29, 0.717) is 18.9 Å². The second-order valence-corrected chi connectivity index (χ2v) is 9.57. The molecule has 2 nitrogen and oxygen atoms in total. The SMILES string of the molecule is CCCCCCCC/C=C/CCCCCCCC(=O)OCC(C)CCCC(C)CC. The van der Waals surface area contributed by atoms with E-state index in [2.05, 4.69) is 39.8 Å². The Labute approximate surface area is 189 Å². The van der Waals surface area contributed by atoms with Gasteiger partial charge in [0.25, 0.3) is 0 Å². The Bertz CT molecular complexity index is 388. The molecule has 0 spiro atoms. The average Bonchev–Trinajstić information content (AvgIpc) is 2.74. The van der Waals surface area contributed by atoms with Gasteiger partial charge in [-0.3, -0.25) is 4.79 Å². The molecule has 0 saturated heterocycles. The fraction of sp³-hybridized carbons (Fsp3) is 0.893. The average molecular weight is 423 g/mol. The van der Waals surface area contributed by atoms with Gasteiger partial charge in [-0.25, -0.2) is 0 Å². The standard InChI is InChI=1S/C28H54O2/c1-5-7-8-9-10-11-12-13-14-15-16-17-18-19-20-24-28(29)30-25-27(4)23-21-22-26(3)6-2/h13-14,26-27H,5-12,15-25H2,1-4H3/b14-13+. The van der Waals surface area contributed by atoms with Gasteiger partial charge in [-0.1, -0.05) is 110 Å². The predicted molar refractivity (Wildman–Crippen MR) is 133 cm³/mol. The predicted octanol–water partition coefficient (Wildman–Crippen LogP) is 9.42. The number of hydrogen-bond donors (Lipinski definition) is 0. The number of carbonyl (C=O) groups excluding carboxylic acids is 1. The molecule has 0 aliphatic heterocycles. The topological polar surface area (TPSA) is 26.3 Å². The van der Waals surface area contributed by atoms with Crippen LogP contribution in [0.2, 0.25) is 0 Å². The van der Waals surface area contributed by atoms with Crippen LogP contribution >= 0.6 is 0 Å². The summed E-state index contributed by atoms with van der Waals surface area (Å²) in [7, 11) is 0. The van der Waals surface area contributed by atoms with Crippen LogP contribution in [-0.2, 0) is 9.53 Å². The number of rotatable bonds is 22. The summed E-state index contributed by atoms with van der Waals surface area (Å²) in [5.41, 5.74) is 0. The normalized spacial score (nSPS) is 13.6. The Morgan fingerprint density at radius 3 is 1.83 bits per heavy atom. The first-order valence-corrected chi connectivity index (χ1v) is 13.4. The molecule has 2 unspecified atom stereocenters. The summed E-state index contributed by atoms with van der Waals surface area (Å²) >= 11 is 0. The van der Waals surface area contributed by atoms with Crippen molar-refractivity contribution in [1.29, 1.82) is 0 Å². The van der Waals surface area contributed by atoms with Crippen molar-refractivity contribution in [2.75, 3.05) is 6.61 Å². The van der Waals surface area contributed by atoms with Crippen molar-refractivity contribution >= 4 is 5.97 Å². The van der Waals surface area contributed by atoms with Gasteiger partial charge in [-0.05, 0) is 50.4 Å². The minimum atomic E-state index is 0.00130. The van der Waals surface area contributed by atoms with Crippen molar-refractivity contribution in [3.63, 3.8) is 0 Å². The molecule has 0 radical (unpaired) electrons. The number of allylic oxidation sites excluding steroid dienone is 2. The first-order chi connectivity index (χ1) is 14.6. The molecule has 178 valence electrons. The van der Waals surface area contributed by atoms with Crippen LogP contribution in [0.3, 0.4) is 0 Å². The molecule has 0 aromatic heterocycles. The molecule has 0 heterocycles. The van der Waals surface area contributed by atoms with Crippen molar-refractivity contribution in [3.8, 4) is 0 Å². The maximum absolute atomic E-state index is 11.9. The van der Waals surface area contributed by atoms with Crippen LogP contribution in [0.25, 0.3) is 0 Å². The summed E-state index contributed by atoms with van der Waals surface area (Å²) in [6.07, 6.45) is 27.0. The van der Waals surface area contributed by atoms with Crippen LogP contribution in [0.1, 0.15) is 143 Å². The van der Waals surface area contributed by atoms with Gasteiger partial charge in [-0.15, -0.1) is 0 Å². The van der Waals surface area contributed by atoms with Gasteiger partial charge in [-0.2, -0.15) is 0 Å². The summed E-state index contributed by atoms with van der Waals surface area (Å²) in [6.45, 7) is 9.65. The monoisotopic (exact) mass is 422 g/mol. The maximum atomic E-state index is 11.9. The van der Waals surface area contributed by atoms with Crippen LogP contribution in [0.4, 0.5) is 0 Å². The Balaban J connectivity index is 3.35. The lowest BCUT2D eigenvalue weighted by Gasteiger charge is -2.13. The van der Waals surface area contributed by atoms with Crippen molar-refractivity contribution < 1.29 is 9.53 Å². The zero-order chi connectivity index (χ0) is 22.3. The molecule has 2 atom stereocenters. The molecule has 0 aromatic rings. The van der Waals surface area contributed by atoms with Crippen LogP contribution in [0.5, 0.6) is 0 Å². The van der Waals surface area contributed by atoms with Gasteiger partial charge in [0.05, 0.1) is 6.61 Å². The summed E-state index contributed by atoms with van der Waals surface area (Å²) in [6, 6.07) is 0. The summed E-state index contributed by atoms with van der Waals surface area (Å²) in [5, 5.41) is 0. The molecular weight excluding hydrogens is 368 g/mol. The minimum absolute atomic E-state index is 0.00130. The molecular formula is C28H54O2. The van der Waals surface area contributed by atoms with E-state index in [9.17, 15) is 4.79 Å². The molecule has 0 rings (SSSR count). The lowest BCUT2D eigenvalue weighted by Crippen LogP contribution is -2.12. The third-order valence-corrected chi connectivity index (χ3v) is 6.26.